The lowest BCUT2D eigenvalue weighted by Gasteiger charge is -2.26. The van der Waals surface area contributed by atoms with Gasteiger partial charge in [0.15, 0.2) is 0 Å². The Morgan fingerprint density at radius 1 is 1.35 bits per heavy atom. The van der Waals surface area contributed by atoms with Crippen LogP contribution in [-0.4, -0.2) is 18.5 Å². The molecule has 1 aromatic carbocycles. The van der Waals surface area contributed by atoms with Crippen molar-refractivity contribution in [1.82, 2.24) is 0 Å². The minimum atomic E-state index is 0.0601. The number of aryl methyl sites for hydroxylation is 1. The van der Waals surface area contributed by atoms with Gasteiger partial charge in [0, 0.05) is 24.7 Å². The van der Waals surface area contributed by atoms with E-state index in [0.29, 0.717) is 6.42 Å². The second-order valence-electron chi connectivity index (χ2n) is 5.45. The molecule has 1 saturated carbocycles. The summed E-state index contributed by atoms with van der Waals surface area (Å²) in [6.45, 7) is 0. The maximum Gasteiger partial charge on any atom is 0.227 e. The zero-order valence-electron chi connectivity index (χ0n) is 10.2. The highest BCUT2D eigenvalue weighted by Crippen LogP contribution is 2.37. The molecule has 0 radical (unpaired) electrons. The molecule has 17 heavy (non-hydrogen) atoms. The Morgan fingerprint density at radius 2 is 2.12 bits per heavy atom. The summed E-state index contributed by atoms with van der Waals surface area (Å²) in [5, 5.41) is 0. The molecule has 90 valence electrons. The molecule has 0 atom stereocenters. The maximum atomic E-state index is 11.6. The van der Waals surface area contributed by atoms with Crippen molar-refractivity contribution < 1.29 is 4.79 Å². The molecule has 0 spiro atoms. The first-order valence-electron chi connectivity index (χ1n) is 6.25. The van der Waals surface area contributed by atoms with Crippen LogP contribution in [0.5, 0.6) is 0 Å². The lowest BCUT2D eigenvalue weighted by molar-refractivity contribution is -0.118. The minimum absolute atomic E-state index is 0.0601. The van der Waals surface area contributed by atoms with Crippen molar-refractivity contribution in [1.29, 1.82) is 0 Å². The smallest absolute Gasteiger partial charge is 0.227 e. The van der Waals surface area contributed by atoms with Gasteiger partial charge >= 0.3 is 0 Å². The molecule has 1 aliphatic carbocycles. The van der Waals surface area contributed by atoms with Crippen LogP contribution in [0.2, 0.25) is 0 Å². The van der Waals surface area contributed by atoms with Gasteiger partial charge in [0.1, 0.15) is 0 Å². The van der Waals surface area contributed by atoms with Crippen LogP contribution in [0.4, 0.5) is 5.69 Å². The van der Waals surface area contributed by atoms with E-state index >= 15 is 0 Å². The number of nitrogens with zero attached hydrogens (tertiary/aromatic N) is 1. The number of rotatable bonds is 2. The Morgan fingerprint density at radius 3 is 2.82 bits per heavy atom. The van der Waals surface area contributed by atoms with Crippen molar-refractivity contribution in [3.05, 3.63) is 29.3 Å². The number of hydrogen-bond donors (Lipinski definition) is 1. The fourth-order valence-electron chi connectivity index (χ4n) is 2.56. The van der Waals surface area contributed by atoms with Gasteiger partial charge in [0.25, 0.3) is 0 Å². The van der Waals surface area contributed by atoms with Crippen molar-refractivity contribution in [3.8, 4) is 0 Å². The number of nitrogens with two attached hydrogens (primary N) is 1. The zero-order chi connectivity index (χ0) is 12.0. The van der Waals surface area contributed by atoms with Crippen molar-refractivity contribution in [3.63, 3.8) is 0 Å². The Bertz CT molecular complexity index is 477. The number of fused-ring (bicyclic) bond motifs is 1. The van der Waals surface area contributed by atoms with E-state index in [1.807, 2.05) is 7.05 Å². The number of hydrogen-bond acceptors (Lipinski definition) is 2. The van der Waals surface area contributed by atoms with Gasteiger partial charge in [-0.1, -0.05) is 12.1 Å². The summed E-state index contributed by atoms with van der Waals surface area (Å²) in [7, 11) is 1.85. The molecule has 0 aromatic heterocycles. The maximum absolute atomic E-state index is 11.6. The number of anilines is 1. The number of amides is 1. The average Bonchev–Trinajstić information content (AvgIpc) is 3.02. The molecule has 2 aliphatic rings. The summed E-state index contributed by atoms with van der Waals surface area (Å²) in [5.41, 5.74) is 9.86. The highest BCUT2D eigenvalue weighted by atomic mass is 16.2. The van der Waals surface area contributed by atoms with Gasteiger partial charge in [0.05, 0.1) is 0 Å². The molecule has 0 unspecified atom stereocenters. The molecule has 1 aromatic rings. The molecule has 3 rings (SSSR count). The van der Waals surface area contributed by atoms with Crippen LogP contribution in [0.3, 0.4) is 0 Å². The predicted octanol–water partition coefficient (Wildman–Crippen LogP) is 1.63. The van der Waals surface area contributed by atoms with Gasteiger partial charge in [-0.3, -0.25) is 4.79 Å². The first kappa shape index (κ1) is 10.8. The van der Waals surface area contributed by atoms with Crippen LogP contribution in [0, 0.1) is 0 Å². The van der Waals surface area contributed by atoms with E-state index in [9.17, 15) is 4.79 Å². The van der Waals surface area contributed by atoms with E-state index in [4.69, 9.17) is 5.73 Å². The van der Waals surface area contributed by atoms with Crippen LogP contribution in [0.1, 0.15) is 30.4 Å². The Hall–Kier alpha value is -1.35. The molecule has 2 N–H and O–H groups in total. The second-order valence-corrected chi connectivity index (χ2v) is 5.45. The largest absolute Gasteiger partial charge is 0.325 e. The highest BCUT2D eigenvalue weighted by molar-refractivity contribution is 5.95. The molecule has 3 heteroatoms. The van der Waals surface area contributed by atoms with Gasteiger partial charge in [-0.25, -0.2) is 0 Å². The molecular formula is C14H18N2O. The summed E-state index contributed by atoms with van der Waals surface area (Å²) in [4.78, 5) is 13.3. The van der Waals surface area contributed by atoms with Crippen LogP contribution >= 0.6 is 0 Å². The number of carbonyl (C=O) groups excluding carboxylic acids is 1. The zero-order valence-corrected chi connectivity index (χ0v) is 10.2. The third-order valence-electron chi connectivity index (χ3n) is 3.94. The summed E-state index contributed by atoms with van der Waals surface area (Å²) < 4.78 is 0. The molecule has 1 amide bonds. The van der Waals surface area contributed by atoms with E-state index in [2.05, 4.69) is 18.2 Å². The molecule has 1 aliphatic heterocycles. The molecule has 3 nitrogen and oxygen atoms in total. The fraction of sp³-hybridized carbons (Fsp3) is 0.500. The van der Waals surface area contributed by atoms with E-state index in [-0.39, 0.29) is 11.4 Å². The van der Waals surface area contributed by atoms with Gasteiger partial charge in [-0.05, 0) is 42.9 Å². The van der Waals surface area contributed by atoms with Gasteiger partial charge in [-0.2, -0.15) is 0 Å². The van der Waals surface area contributed by atoms with E-state index in [1.54, 1.807) is 4.90 Å². The monoisotopic (exact) mass is 230 g/mol. The van der Waals surface area contributed by atoms with Crippen LogP contribution in [0.25, 0.3) is 0 Å². The van der Waals surface area contributed by atoms with E-state index in [0.717, 1.165) is 31.4 Å². The van der Waals surface area contributed by atoms with Crippen molar-refractivity contribution >= 4 is 11.6 Å². The van der Waals surface area contributed by atoms with Crippen molar-refractivity contribution in [2.75, 3.05) is 11.9 Å². The first-order valence-corrected chi connectivity index (χ1v) is 6.25. The van der Waals surface area contributed by atoms with Crippen LogP contribution in [0.15, 0.2) is 18.2 Å². The highest BCUT2D eigenvalue weighted by Gasteiger charge is 2.38. The average molecular weight is 230 g/mol. The van der Waals surface area contributed by atoms with Crippen molar-refractivity contribution in [2.24, 2.45) is 5.73 Å². The summed E-state index contributed by atoms with van der Waals surface area (Å²) >= 11 is 0. The third-order valence-corrected chi connectivity index (χ3v) is 3.94. The van der Waals surface area contributed by atoms with Crippen LogP contribution in [-0.2, 0) is 17.6 Å². The number of carbonyl (C=O) groups is 1. The molecule has 0 bridgehead atoms. The summed E-state index contributed by atoms with van der Waals surface area (Å²) in [6.07, 6.45) is 4.74. The van der Waals surface area contributed by atoms with Gasteiger partial charge in [0.2, 0.25) is 5.91 Å². The van der Waals surface area contributed by atoms with Gasteiger partial charge in [-0.15, -0.1) is 0 Å². The molecule has 0 saturated heterocycles. The first-order chi connectivity index (χ1) is 8.07. The quantitative estimate of drug-likeness (QED) is 0.839. The van der Waals surface area contributed by atoms with Gasteiger partial charge < -0.3 is 10.6 Å². The lowest BCUT2D eigenvalue weighted by Crippen LogP contribution is -2.31. The predicted molar refractivity (Wildman–Crippen MR) is 68.0 cm³/mol. The second kappa shape index (κ2) is 3.57. The molecule has 1 fully saturated rings. The van der Waals surface area contributed by atoms with E-state index in [1.165, 1.54) is 11.1 Å². The SMILES string of the molecule is CN1C(=O)CCc2cc(CC3(N)CC3)ccc21. The fourth-order valence-corrected chi connectivity index (χ4v) is 2.56. The Labute approximate surface area is 102 Å². The van der Waals surface area contributed by atoms with E-state index < -0.39 is 0 Å². The minimum Gasteiger partial charge on any atom is -0.325 e. The topological polar surface area (TPSA) is 46.3 Å². The molecule has 1 heterocycles. The standard InChI is InChI=1S/C14H18N2O/c1-16-12-4-2-10(9-14(15)6-7-14)8-11(12)3-5-13(16)17/h2,4,8H,3,5-7,9,15H2,1H3. The number of benzene rings is 1. The Balaban J connectivity index is 1.88. The normalized spacial score (nSPS) is 21.3. The molecular weight excluding hydrogens is 212 g/mol. The lowest BCUT2D eigenvalue weighted by atomic mass is 9.96. The summed E-state index contributed by atoms with van der Waals surface area (Å²) in [5.74, 6) is 0.211. The Kier molecular flexibility index (Phi) is 2.26. The summed E-state index contributed by atoms with van der Waals surface area (Å²) in [6, 6.07) is 6.40. The van der Waals surface area contributed by atoms with Crippen molar-refractivity contribution in [2.45, 2.75) is 37.6 Å². The third kappa shape index (κ3) is 1.95. The van der Waals surface area contributed by atoms with Crippen LogP contribution < -0.4 is 10.6 Å².